The molecule has 0 aromatic heterocycles. The number of hydrogen-bond acceptors (Lipinski definition) is 2. The third kappa shape index (κ3) is 4.80. The van der Waals surface area contributed by atoms with Crippen LogP contribution in [0.15, 0.2) is 28.7 Å². The molecule has 0 heterocycles. The summed E-state index contributed by atoms with van der Waals surface area (Å²) in [6.45, 7) is 3.30. The highest BCUT2D eigenvalue weighted by molar-refractivity contribution is 9.10. The van der Waals surface area contributed by atoms with Crippen LogP contribution < -0.4 is 5.32 Å². The first-order valence-electron chi connectivity index (χ1n) is 8.35. The van der Waals surface area contributed by atoms with Gasteiger partial charge in [0.2, 0.25) is 0 Å². The highest BCUT2D eigenvalue weighted by Gasteiger charge is 2.26. The Hall–Kier alpha value is -0.380. The van der Waals surface area contributed by atoms with Crippen LogP contribution in [0.2, 0.25) is 0 Å². The molecule has 3 heteroatoms. The van der Waals surface area contributed by atoms with Crippen LogP contribution in [0.5, 0.6) is 0 Å². The maximum Gasteiger partial charge on any atom is 0.0953 e. The van der Waals surface area contributed by atoms with Crippen LogP contribution >= 0.6 is 15.9 Å². The number of nitrogens with one attached hydrogen (secondary N) is 1. The van der Waals surface area contributed by atoms with Gasteiger partial charge in [0.05, 0.1) is 12.2 Å². The molecule has 3 rings (SSSR count). The quantitative estimate of drug-likeness (QED) is 0.791. The van der Waals surface area contributed by atoms with Crippen LogP contribution in [-0.4, -0.2) is 18.7 Å². The van der Waals surface area contributed by atoms with Crippen molar-refractivity contribution in [1.82, 2.24) is 5.32 Å². The van der Waals surface area contributed by atoms with Crippen molar-refractivity contribution in [1.29, 1.82) is 0 Å². The minimum Gasteiger partial charge on any atom is -0.369 e. The molecular formula is C18H26BrNO. The zero-order valence-corrected chi connectivity index (χ0v) is 14.4. The first-order valence-corrected chi connectivity index (χ1v) is 9.14. The normalized spacial score (nSPS) is 27.5. The van der Waals surface area contributed by atoms with Gasteiger partial charge in [-0.1, -0.05) is 35.0 Å². The van der Waals surface area contributed by atoms with E-state index in [1.54, 1.807) is 0 Å². The Morgan fingerprint density at radius 1 is 1.19 bits per heavy atom. The molecule has 2 saturated carbocycles. The molecule has 0 amide bonds. The van der Waals surface area contributed by atoms with Crippen molar-refractivity contribution in [2.75, 3.05) is 6.54 Å². The summed E-state index contributed by atoms with van der Waals surface area (Å²) >= 11 is 3.58. The van der Waals surface area contributed by atoms with Crippen LogP contribution in [0.3, 0.4) is 0 Å². The average Bonchev–Trinajstić information content (AvgIpc) is 3.30. The van der Waals surface area contributed by atoms with Crippen LogP contribution in [-0.2, 0) is 4.74 Å². The van der Waals surface area contributed by atoms with Crippen LogP contribution in [0, 0.1) is 5.92 Å². The van der Waals surface area contributed by atoms with E-state index in [0.717, 1.165) is 23.0 Å². The standard InChI is InChI=1S/C18H26BrNO/c1-13-5-9-17(10-6-13)21-18(12-20-16-7-8-16)14-3-2-4-15(19)11-14/h2-4,11,13,16-18,20H,5-10,12H2,1H3. The number of ether oxygens (including phenoxy) is 1. The summed E-state index contributed by atoms with van der Waals surface area (Å²) in [6, 6.07) is 9.31. The Kier molecular flexibility index (Phi) is 5.36. The second-order valence-corrected chi connectivity index (χ2v) is 7.66. The van der Waals surface area contributed by atoms with E-state index in [4.69, 9.17) is 4.74 Å². The molecule has 1 N–H and O–H groups in total. The summed E-state index contributed by atoms with van der Waals surface area (Å²) in [5, 5.41) is 3.63. The van der Waals surface area contributed by atoms with E-state index in [-0.39, 0.29) is 6.10 Å². The number of halogens is 1. The Balaban J connectivity index is 1.63. The molecule has 0 bridgehead atoms. The predicted octanol–water partition coefficient (Wildman–Crippen LogP) is 4.84. The van der Waals surface area contributed by atoms with Crippen LogP contribution in [0.4, 0.5) is 0 Å². The topological polar surface area (TPSA) is 21.3 Å². The molecule has 0 radical (unpaired) electrons. The fourth-order valence-corrected chi connectivity index (χ4v) is 3.53. The summed E-state index contributed by atoms with van der Waals surface area (Å²) in [4.78, 5) is 0. The second kappa shape index (κ2) is 7.26. The number of hydrogen-bond donors (Lipinski definition) is 1. The van der Waals surface area contributed by atoms with Crippen LogP contribution in [0.1, 0.15) is 57.1 Å². The van der Waals surface area contributed by atoms with Gasteiger partial charge in [0, 0.05) is 17.1 Å². The molecule has 1 aromatic carbocycles. The Morgan fingerprint density at radius 3 is 2.62 bits per heavy atom. The van der Waals surface area contributed by atoms with E-state index in [1.807, 2.05) is 0 Å². The van der Waals surface area contributed by atoms with Crippen molar-refractivity contribution in [3.05, 3.63) is 34.3 Å². The lowest BCUT2D eigenvalue weighted by Gasteiger charge is -2.30. The monoisotopic (exact) mass is 351 g/mol. The molecule has 21 heavy (non-hydrogen) atoms. The lowest BCUT2D eigenvalue weighted by molar-refractivity contribution is -0.0364. The van der Waals surface area contributed by atoms with Crippen molar-refractivity contribution in [3.8, 4) is 0 Å². The van der Waals surface area contributed by atoms with Gasteiger partial charge in [0.1, 0.15) is 0 Å². The highest BCUT2D eigenvalue weighted by Crippen LogP contribution is 2.31. The summed E-state index contributed by atoms with van der Waals surface area (Å²) in [5.74, 6) is 0.874. The maximum absolute atomic E-state index is 6.48. The van der Waals surface area contributed by atoms with Crippen molar-refractivity contribution in [2.45, 2.75) is 63.7 Å². The minimum absolute atomic E-state index is 0.182. The van der Waals surface area contributed by atoms with Crippen LogP contribution in [0.25, 0.3) is 0 Å². The zero-order valence-electron chi connectivity index (χ0n) is 12.9. The zero-order chi connectivity index (χ0) is 14.7. The molecule has 0 aliphatic heterocycles. The predicted molar refractivity (Wildman–Crippen MR) is 90.4 cm³/mol. The molecule has 2 aliphatic rings. The van der Waals surface area contributed by atoms with Gasteiger partial charge in [-0.15, -0.1) is 0 Å². The molecule has 0 saturated heterocycles. The van der Waals surface area contributed by atoms with Crippen molar-refractivity contribution < 1.29 is 4.74 Å². The van der Waals surface area contributed by atoms with Gasteiger partial charge < -0.3 is 10.1 Å². The van der Waals surface area contributed by atoms with E-state index in [1.165, 1.54) is 44.1 Å². The molecule has 0 spiro atoms. The van der Waals surface area contributed by atoms with Crippen molar-refractivity contribution in [2.24, 2.45) is 5.92 Å². The highest BCUT2D eigenvalue weighted by atomic mass is 79.9. The maximum atomic E-state index is 6.48. The summed E-state index contributed by atoms with van der Waals surface area (Å²) in [6.07, 6.45) is 8.33. The first kappa shape index (κ1) is 15.5. The van der Waals surface area contributed by atoms with E-state index in [0.29, 0.717) is 6.10 Å². The number of benzene rings is 1. The van der Waals surface area contributed by atoms with Gasteiger partial charge in [-0.3, -0.25) is 0 Å². The molecule has 2 aliphatic carbocycles. The largest absolute Gasteiger partial charge is 0.369 e. The average molecular weight is 352 g/mol. The SMILES string of the molecule is CC1CCC(OC(CNC2CC2)c2cccc(Br)c2)CC1. The smallest absolute Gasteiger partial charge is 0.0953 e. The van der Waals surface area contributed by atoms with E-state index >= 15 is 0 Å². The van der Waals surface area contributed by atoms with E-state index in [2.05, 4.69) is 52.4 Å². The third-order valence-electron chi connectivity index (χ3n) is 4.71. The van der Waals surface area contributed by atoms with Gasteiger partial charge in [0.25, 0.3) is 0 Å². The molecule has 1 unspecified atom stereocenters. The van der Waals surface area contributed by atoms with Crippen molar-refractivity contribution >= 4 is 15.9 Å². The first-order chi connectivity index (χ1) is 10.2. The summed E-state index contributed by atoms with van der Waals surface area (Å²) in [5.41, 5.74) is 1.29. The molecule has 2 nitrogen and oxygen atoms in total. The Bertz CT molecular complexity index is 452. The van der Waals surface area contributed by atoms with Gasteiger partial charge in [0.15, 0.2) is 0 Å². The fourth-order valence-electron chi connectivity index (χ4n) is 3.11. The van der Waals surface area contributed by atoms with E-state index < -0.39 is 0 Å². The number of rotatable bonds is 6. The van der Waals surface area contributed by atoms with Crippen molar-refractivity contribution in [3.63, 3.8) is 0 Å². The molecule has 2 fully saturated rings. The van der Waals surface area contributed by atoms with Gasteiger partial charge >= 0.3 is 0 Å². The summed E-state index contributed by atoms with van der Waals surface area (Å²) in [7, 11) is 0. The van der Waals surface area contributed by atoms with Gasteiger partial charge in [-0.2, -0.15) is 0 Å². The Morgan fingerprint density at radius 2 is 1.95 bits per heavy atom. The van der Waals surface area contributed by atoms with E-state index in [9.17, 15) is 0 Å². The molecule has 1 aromatic rings. The second-order valence-electron chi connectivity index (χ2n) is 6.74. The molecule has 1 atom stereocenters. The van der Waals surface area contributed by atoms with Gasteiger partial charge in [-0.25, -0.2) is 0 Å². The molecular weight excluding hydrogens is 326 g/mol. The minimum atomic E-state index is 0.182. The Labute approximate surface area is 136 Å². The lowest BCUT2D eigenvalue weighted by Crippen LogP contribution is -2.30. The third-order valence-corrected chi connectivity index (χ3v) is 5.20. The molecule has 116 valence electrons. The fraction of sp³-hybridized carbons (Fsp3) is 0.667. The van der Waals surface area contributed by atoms with Gasteiger partial charge in [-0.05, 0) is 62.1 Å². The lowest BCUT2D eigenvalue weighted by atomic mass is 9.89. The summed E-state index contributed by atoms with van der Waals surface area (Å²) < 4.78 is 7.61.